The average molecular weight is 201 g/mol. The van der Waals surface area contributed by atoms with Crippen molar-refractivity contribution in [2.24, 2.45) is 5.73 Å². The molecule has 0 aromatic heterocycles. The van der Waals surface area contributed by atoms with Crippen molar-refractivity contribution in [1.29, 1.82) is 0 Å². The van der Waals surface area contributed by atoms with Crippen LogP contribution in [0.4, 0.5) is 4.39 Å². The summed E-state index contributed by atoms with van der Waals surface area (Å²) in [6, 6.07) is 2.51. The van der Waals surface area contributed by atoms with Crippen molar-refractivity contribution in [1.82, 2.24) is 0 Å². The first kappa shape index (κ1) is 10.7. The molecule has 0 radical (unpaired) electrons. The van der Waals surface area contributed by atoms with Gasteiger partial charge in [0.05, 0.1) is 13.2 Å². The number of ether oxygens (including phenoxy) is 1. The number of methoxy groups -OCH3 is 1. The van der Waals surface area contributed by atoms with Gasteiger partial charge in [-0.25, -0.2) is 0 Å². The summed E-state index contributed by atoms with van der Waals surface area (Å²) in [7, 11) is 1.25. The van der Waals surface area contributed by atoms with Crippen molar-refractivity contribution in [3.05, 3.63) is 23.5 Å². The molecular formula is C9H12FNO3. The van der Waals surface area contributed by atoms with Crippen LogP contribution in [0.3, 0.4) is 0 Å². The van der Waals surface area contributed by atoms with Crippen molar-refractivity contribution in [2.75, 3.05) is 13.7 Å². The van der Waals surface area contributed by atoms with Gasteiger partial charge in [-0.15, -0.1) is 0 Å². The van der Waals surface area contributed by atoms with Crippen molar-refractivity contribution in [2.45, 2.75) is 6.10 Å². The fraction of sp³-hybridized carbons (Fsp3) is 0.333. The molecule has 4 N–H and O–H groups in total. The molecule has 0 aliphatic rings. The zero-order chi connectivity index (χ0) is 10.7. The third-order valence-electron chi connectivity index (χ3n) is 1.89. The number of phenols is 1. The molecule has 78 valence electrons. The van der Waals surface area contributed by atoms with Crippen LogP contribution in [0.15, 0.2) is 12.1 Å². The number of aliphatic hydroxyl groups is 1. The molecule has 1 atom stereocenters. The Morgan fingerprint density at radius 3 is 2.71 bits per heavy atom. The predicted octanol–water partition coefficient (Wildman–Crippen LogP) is 0.532. The molecule has 0 amide bonds. The third kappa shape index (κ3) is 1.78. The molecule has 1 rings (SSSR count). The van der Waals surface area contributed by atoms with Gasteiger partial charge in [0.1, 0.15) is 0 Å². The van der Waals surface area contributed by atoms with E-state index in [4.69, 9.17) is 15.6 Å². The zero-order valence-electron chi connectivity index (χ0n) is 7.70. The lowest BCUT2D eigenvalue weighted by atomic mass is 10.1. The van der Waals surface area contributed by atoms with E-state index in [1.165, 1.54) is 13.2 Å². The summed E-state index contributed by atoms with van der Waals surface area (Å²) in [5, 5.41) is 18.4. The van der Waals surface area contributed by atoms with Crippen LogP contribution in [0.2, 0.25) is 0 Å². The SMILES string of the molecule is COc1c(C(O)CN)ccc(O)c1F. The van der Waals surface area contributed by atoms with Crippen LogP contribution in [-0.4, -0.2) is 23.9 Å². The molecule has 0 heterocycles. The summed E-state index contributed by atoms with van der Waals surface area (Å²) >= 11 is 0. The normalized spacial score (nSPS) is 12.6. The number of benzene rings is 1. The lowest BCUT2D eigenvalue weighted by molar-refractivity contribution is 0.180. The van der Waals surface area contributed by atoms with Crippen LogP contribution in [0.5, 0.6) is 11.5 Å². The van der Waals surface area contributed by atoms with Gasteiger partial charge in [0.15, 0.2) is 11.5 Å². The summed E-state index contributed by atoms with van der Waals surface area (Å²) in [6.07, 6.45) is -1.000. The summed E-state index contributed by atoms with van der Waals surface area (Å²) in [6.45, 7) is -0.0411. The predicted molar refractivity (Wildman–Crippen MR) is 48.6 cm³/mol. The van der Waals surface area contributed by atoms with Gasteiger partial charge in [0, 0.05) is 12.1 Å². The molecule has 5 heteroatoms. The fourth-order valence-electron chi connectivity index (χ4n) is 1.16. The molecule has 0 saturated carbocycles. The Bertz CT molecular complexity index is 330. The Kier molecular flexibility index (Phi) is 3.27. The number of rotatable bonds is 3. The van der Waals surface area contributed by atoms with Gasteiger partial charge in [0.25, 0.3) is 0 Å². The van der Waals surface area contributed by atoms with Crippen molar-refractivity contribution in [3.63, 3.8) is 0 Å². The Morgan fingerprint density at radius 2 is 2.21 bits per heavy atom. The maximum absolute atomic E-state index is 13.2. The molecule has 0 fully saturated rings. The minimum absolute atomic E-state index is 0.0411. The number of aromatic hydroxyl groups is 1. The highest BCUT2D eigenvalue weighted by molar-refractivity contribution is 5.43. The second-order valence-corrected chi connectivity index (χ2v) is 2.77. The van der Waals surface area contributed by atoms with E-state index >= 15 is 0 Å². The maximum Gasteiger partial charge on any atom is 0.206 e. The van der Waals surface area contributed by atoms with Crippen molar-refractivity contribution in [3.8, 4) is 11.5 Å². The highest BCUT2D eigenvalue weighted by Gasteiger charge is 2.18. The van der Waals surface area contributed by atoms with Crippen LogP contribution < -0.4 is 10.5 Å². The van der Waals surface area contributed by atoms with E-state index in [0.29, 0.717) is 0 Å². The largest absolute Gasteiger partial charge is 0.505 e. The van der Waals surface area contributed by atoms with Gasteiger partial charge in [-0.2, -0.15) is 4.39 Å². The molecule has 0 aliphatic heterocycles. The Labute approximate surface area is 80.7 Å². The topological polar surface area (TPSA) is 75.7 Å². The number of halogens is 1. The van der Waals surface area contributed by atoms with Gasteiger partial charge in [0.2, 0.25) is 5.82 Å². The second kappa shape index (κ2) is 4.26. The number of phenolic OH excluding ortho intramolecular Hbond substituents is 1. The monoisotopic (exact) mass is 201 g/mol. The average Bonchev–Trinajstić information content (AvgIpc) is 2.20. The first-order valence-electron chi connectivity index (χ1n) is 4.05. The van der Waals surface area contributed by atoms with Crippen molar-refractivity contribution < 1.29 is 19.3 Å². The smallest absolute Gasteiger partial charge is 0.206 e. The molecule has 0 spiro atoms. The van der Waals surface area contributed by atoms with Crippen LogP contribution in [0.1, 0.15) is 11.7 Å². The molecule has 14 heavy (non-hydrogen) atoms. The highest BCUT2D eigenvalue weighted by Crippen LogP contribution is 2.32. The van der Waals surface area contributed by atoms with E-state index in [-0.39, 0.29) is 17.9 Å². The molecule has 0 aliphatic carbocycles. The van der Waals surface area contributed by atoms with Gasteiger partial charge >= 0.3 is 0 Å². The van der Waals surface area contributed by atoms with Gasteiger partial charge < -0.3 is 20.7 Å². The van der Waals surface area contributed by atoms with Gasteiger partial charge in [-0.3, -0.25) is 0 Å². The lowest BCUT2D eigenvalue weighted by Gasteiger charge is -2.13. The Morgan fingerprint density at radius 1 is 1.57 bits per heavy atom. The van der Waals surface area contributed by atoms with E-state index in [2.05, 4.69) is 0 Å². The number of nitrogens with two attached hydrogens (primary N) is 1. The minimum atomic E-state index is -1.000. The molecule has 0 bridgehead atoms. The molecule has 1 aromatic carbocycles. The van der Waals surface area contributed by atoms with Crippen LogP contribution in [0, 0.1) is 5.82 Å². The number of hydrogen-bond acceptors (Lipinski definition) is 4. The molecule has 1 aromatic rings. The lowest BCUT2D eigenvalue weighted by Crippen LogP contribution is -2.13. The van der Waals surface area contributed by atoms with E-state index in [0.717, 1.165) is 6.07 Å². The first-order chi connectivity index (χ1) is 6.61. The number of hydrogen-bond donors (Lipinski definition) is 3. The molecule has 1 unspecified atom stereocenters. The highest BCUT2D eigenvalue weighted by atomic mass is 19.1. The first-order valence-corrected chi connectivity index (χ1v) is 4.05. The summed E-state index contributed by atoms with van der Waals surface area (Å²) < 4.78 is 18.0. The summed E-state index contributed by atoms with van der Waals surface area (Å²) in [5.41, 5.74) is 5.45. The number of aliphatic hydroxyl groups excluding tert-OH is 1. The standard InChI is InChI=1S/C9H12FNO3/c1-14-9-5(7(13)4-11)2-3-6(12)8(9)10/h2-3,7,12-13H,4,11H2,1H3. The minimum Gasteiger partial charge on any atom is -0.505 e. The van der Waals surface area contributed by atoms with E-state index in [9.17, 15) is 9.50 Å². The zero-order valence-corrected chi connectivity index (χ0v) is 7.70. The maximum atomic E-state index is 13.2. The van der Waals surface area contributed by atoms with Gasteiger partial charge in [-0.05, 0) is 12.1 Å². The van der Waals surface area contributed by atoms with E-state index in [1.54, 1.807) is 0 Å². The van der Waals surface area contributed by atoms with E-state index < -0.39 is 17.7 Å². The van der Waals surface area contributed by atoms with Crippen LogP contribution >= 0.6 is 0 Å². The van der Waals surface area contributed by atoms with E-state index in [1.807, 2.05) is 0 Å². The molecule has 4 nitrogen and oxygen atoms in total. The van der Waals surface area contributed by atoms with Crippen LogP contribution in [-0.2, 0) is 0 Å². The fourth-order valence-corrected chi connectivity index (χ4v) is 1.16. The Hall–Kier alpha value is -1.33. The summed E-state index contributed by atoms with van der Waals surface area (Å²) in [5.74, 6) is -1.59. The Balaban J connectivity index is 3.23. The van der Waals surface area contributed by atoms with Gasteiger partial charge in [-0.1, -0.05) is 0 Å². The third-order valence-corrected chi connectivity index (χ3v) is 1.89. The summed E-state index contributed by atoms with van der Waals surface area (Å²) in [4.78, 5) is 0. The van der Waals surface area contributed by atoms with Crippen LogP contribution in [0.25, 0.3) is 0 Å². The second-order valence-electron chi connectivity index (χ2n) is 2.77. The quantitative estimate of drug-likeness (QED) is 0.666. The molecular weight excluding hydrogens is 189 g/mol. The van der Waals surface area contributed by atoms with Crippen molar-refractivity contribution >= 4 is 0 Å². The molecule has 0 saturated heterocycles.